The minimum atomic E-state index is -0.867. The first-order valence-electron chi connectivity index (χ1n) is 6.71. The Bertz CT molecular complexity index is 642. The summed E-state index contributed by atoms with van der Waals surface area (Å²) in [5, 5.41) is 13.9. The molecular formula is C15H16N2O5. The van der Waals surface area contributed by atoms with Gasteiger partial charge in [-0.1, -0.05) is 13.8 Å². The molecular weight excluding hydrogens is 288 g/mol. The predicted molar refractivity (Wildman–Crippen MR) is 78.1 cm³/mol. The largest absolute Gasteiger partial charge is 0.507 e. The Balaban J connectivity index is 2.22. The Morgan fingerprint density at radius 1 is 1.18 bits per heavy atom. The molecule has 4 amide bonds. The van der Waals surface area contributed by atoms with Gasteiger partial charge >= 0.3 is 6.03 Å². The highest BCUT2D eigenvalue weighted by molar-refractivity contribution is 6.31. The monoisotopic (exact) mass is 304 g/mol. The number of barbiturate groups is 1. The van der Waals surface area contributed by atoms with Gasteiger partial charge in [0, 0.05) is 11.6 Å². The average Bonchev–Trinajstić information content (AvgIpc) is 2.42. The van der Waals surface area contributed by atoms with Crippen molar-refractivity contribution in [3.8, 4) is 11.5 Å². The number of nitrogens with one attached hydrogen (secondary N) is 2. The molecule has 116 valence electrons. The third kappa shape index (κ3) is 3.63. The lowest BCUT2D eigenvalue weighted by molar-refractivity contribution is -0.123. The fourth-order valence-electron chi connectivity index (χ4n) is 1.76. The number of benzene rings is 1. The van der Waals surface area contributed by atoms with E-state index < -0.39 is 17.8 Å². The number of carbonyl (C=O) groups is 3. The maximum absolute atomic E-state index is 11.6. The summed E-state index contributed by atoms with van der Waals surface area (Å²) in [4.78, 5) is 34.2. The van der Waals surface area contributed by atoms with Crippen LogP contribution in [0.5, 0.6) is 11.5 Å². The summed E-state index contributed by atoms with van der Waals surface area (Å²) in [6.45, 7) is 4.51. The molecule has 1 aliphatic rings. The Morgan fingerprint density at radius 2 is 1.82 bits per heavy atom. The fourth-order valence-corrected chi connectivity index (χ4v) is 1.76. The standard InChI is InChI=1S/C15H16N2O5/c1-8(2)7-22-10-4-3-9(12(18)6-10)5-11-13(19)16-15(21)17-14(11)20/h3-6,8,18H,7H2,1-2H3,(H2,16,17,19,20,21). The second-order valence-electron chi connectivity index (χ2n) is 5.22. The van der Waals surface area contributed by atoms with Gasteiger partial charge < -0.3 is 9.84 Å². The molecule has 0 radical (unpaired) electrons. The van der Waals surface area contributed by atoms with Gasteiger partial charge in [-0.25, -0.2) is 4.79 Å². The van der Waals surface area contributed by atoms with Crippen LogP contribution in [0.15, 0.2) is 23.8 Å². The van der Waals surface area contributed by atoms with Gasteiger partial charge in [-0.3, -0.25) is 20.2 Å². The highest BCUT2D eigenvalue weighted by Gasteiger charge is 2.27. The normalized spacial score (nSPS) is 14.7. The lowest BCUT2D eigenvalue weighted by atomic mass is 10.1. The lowest BCUT2D eigenvalue weighted by Gasteiger charge is -2.14. The van der Waals surface area contributed by atoms with Crippen LogP contribution in [0.1, 0.15) is 19.4 Å². The van der Waals surface area contributed by atoms with Crippen LogP contribution in [0.25, 0.3) is 6.08 Å². The Morgan fingerprint density at radius 3 is 2.36 bits per heavy atom. The molecule has 0 bridgehead atoms. The zero-order chi connectivity index (χ0) is 16.3. The zero-order valence-electron chi connectivity index (χ0n) is 12.2. The van der Waals surface area contributed by atoms with E-state index in [4.69, 9.17) is 4.74 Å². The van der Waals surface area contributed by atoms with Crippen molar-refractivity contribution in [3.63, 3.8) is 0 Å². The van der Waals surface area contributed by atoms with Gasteiger partial charge in [-0.05, 0) is 24.1 Å². The van der Waals surface area contributed by atoms with Gasteiger partial charge in [-0.2, -0.15) is 0 Å². The Kier molecular flexibility index (Phi) is 4.45. The number of imide groups is 2. The van der Waals surface area contributed by atoms with Gasteiger partial charge in [0.25, 0.3) is 11.8 Å². The molecule has 1 aliphatic heterocycles. The first-order valence-corrected chi connectivity index (χ1v) is 6.71. The van der Waals surface area contributed by atoms with Crippen LogP contribution in [0, 0.1) is 5.92 Å². The van der Waals surface area contributed by atoms with Crippen LogP contribution in [-0.4, -0.2) is 29.6 Å². The number of amides is 4. The molecule has 0 unspecified atom stereocenters. The van der Waals surface area contributed by atoms with E-state index in [2.05, 4.69) is 0 Å². The summed E-state index contributed by atoms with van der Waals surface area (Å²) in [6, 6.07) is 3.68. The Hall–Kier alpha value is -2.83. The number of rotatable bonds is 4. The molecule has 1 heterocycles. The van der Waals surface area contributed by atoms with Crippen LogP contribution >= 0.6 is 0 Å². The van der Waals surface area contributed by atoms with Crippen molar-refractivity contribution in [1.29, 1.82) is 0 Å². The van der Waals surface area contributed by atoms with Crippen molar-refractivity contribution in [1.82, 2.24) is 10.6 Å². The lowest BCUT2D eigenvalue weighted by Crippen LogP contribution is -2.51. The van der Waals surface area contributed by atoms with Gasteiger partial charge in [-0.15, -0.1) is 0 Å². The molecule has 1 fully saturated rings. The topological polar surface area (TPSA) is 105 Å². The number of hydrogen-bond donors (Lipinski definition) is 3. The molecule has 1 saturated heterocycles. The van der Waals surface area contributed by atoms with Gasteiger partial charge in [0.1, 0.15) is 17.1 Å². The SMILES string of the molecule is CC(C)COc1ccc(C=C2C(=O)NC(=O)NC2=O)c(O)c1. The van der Waals surface area contributed by atoms with Crippen molar-refractivity contribution < 1.29 is 24.2 Å². The molecule has 1 aromatic carbocycles. The highest BCUT2D eigenvalue weighted by atomic mass is 16.5. The van der Waals surface area contributed by atoms with E-state index in [0.717, 1.165) is 0 Å². The molecule has 0 aromatic heterocycles. The van der Waals surface area contributed by atoms with E-state index in [1.807, 2.05) is 24.5 Å². The van der Waals surface area contributed by atoms with E-state index >= 15 is 0 Å². The summed E-state index contributed by atoms with van der Waals surface area (Å²) in [5.41, 5.74) is 0.0114. The number of hydrogen-bond acceptors (Lipinski definition) is 5. The van der Waals surface area contributed by atoms with E-state index in [-0.39, 0.29) is 16.9 Å². The minimum absolute atomic E-state index is 0.133. The molecule has 0 aliphatic carbocycles. The van der Waals surface area contributed by atoms with Gasteiger partial charge in [0.05, 0.1) is 6.61 Å². The molecule has 22 heavy (non-hydrogen) atoms. The van der Waals surface area contributed by atoms with Crippen molar-refractivity contribution in [3.05, 3.63) is 29.3 Å². The number of carbonyl (C=O) groups excluding carboxylic acids is 3. The first-order chi connectivity index (χ1) is 10.4. The van der Waals surface area contributed by atoms with Crippen LogP contribution in [0.4, 0.5) is 4.79 Å². The number of phenols is 1. The van der Waals surface area contributed by atoms with E-state index in [9.17, 15) is 19.5 Å². The molecule has 3 N–H and O–H groups in total. The number of urea groups is 1. The second-order valence-corrected chi connectivity index (χ2v) is 5.22. The number of ether oxygens (including phenoxy) is 1. The molecule has 7 nitrogen and oxygen atoms in total. The molecule has 0 spiro atoms. The predicted octanol–water partition coefficient (Wildman–Crippen LogP) is 1.18. The van der Waals surface area contributed by atoms with E-state index in [1.54, 1.807) is 6.07 Å². The van der Waals surface area contributed by atoms with Gasteiger partial charge in [0.2, 0.25) is 0 Å². The second kappa shape index (κ2) is 6.30. The molecule has 2 rings (SSSR count). The summed E-state index contributed by atoms with van der Waals surface area (Å²) in [5.74, 6) is -0.926. The summed E-state index contributed by atoms with van der Waals surface area (Å²) in [7, 11) is 0. The smallest absolute Gasteiger partial charge is 0.328 e. The fraction of sp³-hybridized carbons (Fsp3) is 0.267. The van der Waals surface area contributed by atoms with E-state index in [0.29, 0.717) is 18.3 Å². The molecule has 0 atom stereocenters. The molecule has 1 aromatic rings. The van der Waals surface area contributed by atoms with Crippen molar-refractivity contribution in [2.75, 3.05) is 6.61 Å². The van der Waals surface area contributed by atoms with Gasteiger partial charge in [0.15, 0.2) is 0 Å². The summed E-state index contributed by atoms with van der Waals surface area (Å²) in [6.07, 6.45) is 1.21. The van der Waals surface area contributed by atoms with Crippen molar-refractivity contribution >= 4 is 23.9 Å². The minimum Gasteiger partial charge on any atom is -0.507 e. The highest BCUT2D eigenvalue weighted by Crippen LogP contribution is 2.26. The van der Waals surface area contributed by atoms with Crippen LogP contribution in [0.3, 0.4) is 0 Å². The number of phenolic OH excluding ortho intramolecular Hbond substituents is 1. The zero-order valence-corrected chi connectivity index (χ0v) is 12.2. The summed E-state index contributed by atoms with van der Waals surface area (Å²) < 4.78 is 5.47. The van der Waals surface area contributed by atoms with E-state index in [1.165, 1.54) is 18.2 Å². The summed E-state index contributed by atoms with van der Waals surface area (Å²) >= 11 is 0. The molecule has 0 saturated carbocycles. The maximum atomic E-state index is 11.6. The third-order valence-electron chi connectivity index (χ3n) is 2.83. The van der Waals surface area contributed by atoms with Crippen LogP contribution in [0.2, 0.25) is 0 Å². The maximum Gasteiger partial charge on any atom is 0.328 e. The van der Waals surface area contributed by atoms with Crippen molar-refractivity contribution in [2.45, 2.75) is 13.8 Å². The van der Waals surface area contributed by atoms with Crippen LogP contribution < -0.4 is 15.4 Å². The Labute approximate surface area is 127 Å². The van der Waals surface area contributed by atoms with Crippen molar-refractivity contribution in [2.24, 2.45) is 5.92 Å². The number of aromatic hydroxyl groups is 1. The first kappa shape index (κ1) is 15.6. The third-order valence-corrected chi connectivity index (χ3v) is 2.83. The quantitative estimate of drug-likeness (QED) is 0.572. The average molecular weight is 304 g/mol. The molecule has 7 heteroatoms. The van der Waals surface area contributed by atoms with Crippen LogP contribution in [-0.2, 0) is 9.59 Å².